The number of thioether (sulfide) groups is 1. The molecule has 0 bridgehead atoms. The SMILES string of the molecule is C[S@@](=O)CCCC/C(=N\OS(=O)(=O)O)SC1O[C@H](CO)[C@@H](O)[C@H](O)[C@H]1O. The standard InChI is InChI=1S/C12H23NO10S3/c1-25(18)5-3-2-4-8(13-23-26(19,20)21)24-12-11(17)10(16)9(15)7(6-14)22-12/h7,9-12,14-17H,2-6H2,1H3,(H,19,20,21)/b13-8+/t7-,9-,10+,11-,12?,25-/m1/s1. The lowest BCUT2D eigenvalue weighted by Crippen LogP contribution is -2.57. The summed E-state index contributed by atoms with van der Waals surface area (Å²) in [6.45, 7) is -0.613. The van der Waals surface area contributed by atoms with Crippen molar-refractivity contribution in [3.05, 3.63) is 0 Å². The van der Waals surface area contributed by atoms with E-state index in [1.165, 1.54) is 0 Å². The second kappa shape index (κ2) is 10.9. The van der Waals surface area contributed by atoms with Crippen molar-refractivity contribution < 1.29 is 46.6 Å². The number of aliphatic hydroxyl groups excluding tert-OH is 4. The van der Waals surface area contributed by atoms with Crippen molar-refractivity contribution in [1.29, 1.82) is 0 Å². The van der Waals surface area contributed by atoms with E-state index in [2.05, 4.69) is 9.44 Å². The van der Waals surface area contributed by atoms with Crippen LogP contribution in [0.4, 0.5) is 0 Å². The van der Waals surface area contributed by atoms with E-state index in [1.54, 1.807) is 6.26 Å². The highest BCUT2D eigenvalue weighted by Crippen LogP contribution is 2.30. The summed E-state index contributed by atoms with van der Waals surface area (Å²) in [5.74, 6) is 0.428. The van der Waals surface area contributed by atoms with Gasteiger partial charge in [-0.1, -0.05) is 16.9 Å². The maximum absolute atomic E-state index is 11.1. The molecule has 1 aliphatic rings. The van der Waals surface area contributed by atoms with E-state index in [0.29, 0.717) is 18.6 Å². The van der Waals surface area contributed by atoms with E-state index in [0.717, 1.165) is 11.8 Å². The Labute approximate surface area is 157 Å². The molecule has 0 aliphatic carbocycles. The first-order valence-corrected chi connectivity index (χ1v) is 11.5. The highest BCUT2D eigenvalue weighted by atomic mass is 32.3. The van der Waals surface area contributed by atoms with E-state index in [4.69, 9.17) is 14.4 Å². The molecule has 14 heteroatoms. The van der Waals surface area contributed by atoms with Gasteiger partial charge in [0.1, 0.15) is 34.9 Å². The zero-order chi connectivity index (χ0) is 19.9. The molecule has 0 spiro atoms. The summed E-state index contributed by atoms with van der Waals surface area (Å²) < 4.78 is 50.4. The minimum atomic E-state index is -4.83. The molecule has 1 saturated heterocycles. The van der Waals surface area contributed by atoms with Crippen LogP contribution in [0.5, 0.6) is 0 Å². The highest BCUT2D eigenvalue weighted by molar-refractivity contribution is 8.14. The molecule has 1 aliphatic heterocycles. The number of unbranched alkanes of at least 4 members (excludes halogenated alkanes) is 1. The molecule has 26 heavy (non-hydrogen) atoms. The van der Waals surface area contributed by atoms with Crippen LogP contribution in [0.3, 0.4) is 0 Å². The Morgan fingerprint density at radius 3 is 2.42 bits per heavy atom. The Bertz CT molecular complexity index is 596. The normalized spacial score (nSPS) is 31.6. The molecule has 0 radical (unpaired) electrons. The van der Waals surface area contributed by atoms with Crippen LogP contribution in [-0.2, 0) is 30.2 Å². The molecule has 1 rings (SSSR count). The summed E-state index contributed by atoms with van der Waals surface area (Å²) in [6.07, 6.45) is -3.09. The van der Waals surface area contributed by atoms with Crippen LogP contribution in [0.1, 0.15) is 19.3 Å². The molecule has 0 aromatic rings. The van der Waals surface area contributed by atoms with Gasteiger partial charge in [0, 0.05) is 22.8 Å². The van der Waals surface area contributed by atoms with Crippen LogP contribution in [0.2, 0.25) is 0 Å². The predicted molar refractivity (Wildman–Crippen MR) is 94.2 cm³/mol. The largest absolute Gasteiger partial charge is 0.466 e. The third kappa shape index (κ3) is 8.14. The lowest BCUT2D eigenvalue weighted by Gasteiger charge is -2.39. The van der Waals surface area contributed by atoms with Gasteiger partial charge in [-0.2, -0.15) is 8.42 Å². The Hall–Kier alpha value is -0.320. The zero-order valence-electron chi connectivity index (χ0n) is 13.9. The van der Waals surface area contributed by atoms with Crippen LogP contribution in [0.15, 0.2) is 5.16 Å². The van der Waals surface area contributed by atoms with Gasteiger partial charge in [0.05, 0.1) is 6.61 Å². The molecular formula is C12H23NO10S3. The number of ether oxygens (including phenoxy) is 1. The molecule has 0 saturated carbocycles. The molecule has 0 aromatic heterocycles. The topological polar surface area (TPSA) is 183 Å². The van der Waals surface area contributed by atoms with Crippen molar-refractivity contribution >= 4 is 38.0 Å². The van der Waals surface area contributed by atoms with E-state index in [1.807, 2.05) is 0 Å². The second-order valence-electron chi connectivity index (χ2n) is 5.54. The van der Waals surface area contributed by atoms with Gasteiger partial charge in [0.2, 0.25) is 0 Å². The molecule has 5 N–H and O–H groups in total. The van der Waals surface area contributed by atoms with Gasteiger partial charge < -0.3 is 25.2 Å². The van der Waals surface area contributed by atoms with Crippen LogP contribution < -0.4 is 0 Å². The van der Waals surface area contributed by atoms with Gasteiger partial charge in [-0.25, -0.2) is 4.28 Å². The van der Waals surface area contributed by atoms with Crippen molar-refractivity contribution in [3.63, 3.8) is 0 Å². The van der Waals surface area contributed by atoms with E-state index >= 15 is 0 Å². The summed E-state index contributed by atoms with van der Waals surface area (Å²) in [5.41, 5.74) is -1.17. The smallest absolute Gasteiger partial charge is 0.394 e. The molecule has 0 amide bonds. The molecular weight excluding hydrogens is 414 g/mol. The minimum absolute atomic E-state index is 0.0221. The van der Waals surface area contributed by atoms with Gasteiger partial charge in [0.25, 0.3) is 0 Å². The quantitative estimate of drug-likeness (QED) is 0.0901. The fourth-order valence-electron chi connectivity index (χ4n) is 2.10. The first-order chi connectivity index (χ1) is 12.0. The lowest BCUT2D eigenvalue weighted by molar-refractivity contribution is -0.205. The first kappa shape index (κ1) is 23.7. The summed E-state index contributed by atoms with van der Waals surface area (Å²) in [4.78, 5) is 0. The van der Waals surface area contributed by atoms with Crippen LogP contribution in [0.25, 0.3) is 0 Å². The minimum Gasteiger partial charge on any atom is -0.394 e. The first-order valence-electron chi connectivity index (χ1n) is 7.55. The van der Waals surface area contributed by atoms with E-state index in [-0.39, 0.29) is 11.5 Å². The monoisotopic (exact) mass is 437 g/mol. The maximum atomic E-state index is 11.1. The number of hydrogen-bond donors (Lipinski definition) is 5. The van der Waals surface area contributed by atoms with E-state index < -0.39 is 57.7 Å². The number of aliphatic hydroxyl groups is 4. The summed E-state index contributed by atoms with van der Waals surface area (Å²) >= 11 is 0.717. The van der Waals surface area contributed by atoms with Gasteiger partial charge in [0.15, 0.2) is 0 Å². The van der Waals surface area contributed by atoms with E-state index in [9.17, 15) is 27.9 Å². The Balaban J connectivity index is 2.80. The van der Waals surface area contributed by atoms with Crippen molar-refractivity contribution in [2.45, 2.75) is 49.1 Å². The van der Waals surface area contributed by atoms with Gasteiger partial charge >= 0.3 is 10.4 Å². The average Bonchev–Trinajstić information content (AvgIpc) is 2.55. The Kier molecular flexibility index (Phi) is 9.92. The lowest BCUT2D eigenvalue weighted by atomic mass is 10.0. The van der Waals surface area contributed by atoms with Crippen molar-refractivity contribution in [3.8, 4) is 0 Å². The van der Waals surface area contributed by atoms with Gasteiger partial charge in [-0.15, -0.1) is 0 Å². The number of hydrogen-bond acceptors (Lipinski definition) is 11. The molecule has 11 nitrogen and oxygen atoms in total. The van der Waals surface area contributed by atoms with Crippen molar-refractivity contribution in [2.24, 2.45) is 5.16 Å². The van der Waals surface area contributed by atoms with Gasteiger partial charge in [-0.05, 0) is 19.3 Å². The molecule has 0 aromatic carbocycles. The molecule has 1 heterocycles. The van der Waals surface area contributed by atoms with Crippen molar-refractivity contribution in [2.75, 3.05) is 18.6 Å². The molecule has 154 valence electrons. The van der Waals surface area contributed by atoms with Crippen LogP contribution in [0, 0.1) is 0 Å². The molecule has 6 atom stereocenters. The highest BCUT2D eigenvalue weighted by Gasteiger charge is 2.44. The Morgan fingerprint density at radius 2 is 1.88 bits per heavy atom. The third-order valence-electron chi connectivity index (χ3n) is 3.41. The zero-order valence-corrected chi connectivity index (χ0v) is 16.3. The van der Waals surface area contributed by atoms with Crippen LogP contribution in [-0.4, -0.2) is 91.1 Å². The molecule has 1 unspecified atom stereocenters. The predicted octanol–water partition coefficient (Wildman–Crippen LogP) is -1.80. The number of oxime groups is 1. The Morgan fingerprint density at radius 1 is 1.23 bits per heavy atom. The summed E-state index contributed by atoms with van der Waals surface area (Å²) in [7, 11) is -5.83. The number of nitrogens with zero attached hydrogens (tertiary/aromatic N) is 1. The fourth-order valence-corrected chi connectivity index (χ4v) is 4.05. The van der Waals surface area contributed by atoms with Crippen LogP contribution >= 0.6 is 11.8 Å². The third-order valence-corrected chi connectivity index (χ3v) is 5.71. The van der Waals surface area contributed by atoms with Gasteiger partial charge in [-0.3, -0.25) is 8.76 Å². The maximum Gasteiger partial charge on any atom is 0.466 e. The summed E-state index contributed by atoms with van der Waals surface area (Å²) in [6, 6.07) is 0. The average molecular weight is 438 g/mol. The second-order valence-corrected chi connectivity index (χ2v) is 9.27. The number of rotatable bonds is 9. The van der Waals surface area contributed by atoms with Crippen molar-refractivity contribution in [1.82, 2.24) is 0 Å². The fraction of sp³-hybridized carbons (Fsp3) is 0.917. The summed E-state index contributed by atoms with van der Waals surface area (Å²) in [5, 5.41) is 42.0. The molecule has 1 fully saturated rings.